The number of unbranched alkanes of at least 4 members (excludes halogenated alkanes) is 3. The molecule has 120 valence electrons. The highest BCUT2D eigenvalue weighted by Gasteiger charge is 2.12. The second-order valence-electron chi connectivity index (χ2n) is 5.39. The monoisotopic (exact) mass is 304 g/mol. The van der Waals surface area contributed by atoms with Crippen LogP contribution in [0.15, 0.2) is 27.8 Å². The average molecular weight is 304 g/mol. The molecule has 0 saturated heterocycles. The maximum absolute atomic E-state index is 12.1. The van der Waals surface area contributed by atoms with Crippen molar-refractivity contribution >= 4 is 16.5 Å². The minimum atomic E-state index is -0.268. The molecule has 0 aliphatic heterocycles. The van der Waals surface area contributed by atoms with Gasteiger partial charge in [-0.1, -0.05) is 18.9 Å². The Morgan fingerprint density at radius 3 is 2.50 bits per heavy atom. The maximum Gasteiger partial charge on any atom is 0.272 e. The SMILES string of the molecule is CCN(CCCCCCN)c1cccc2c(=O)[nH][nH]c(=O)c12. The van der Waals surface area contributed by atoms with Crippen molar-refractivity contribution in [1.29, 1.82) is 0 Å². The van der Waals surface area contributed by atoms with E-state index in [9.17, 15) is 9.59 Å². The van der Waals surface area contributed by atoms with Crippen LogP contribution in [0.25, 0.3) is 10.8 Å². The summed E-state index contributed by atoms with van der Waals surface area (Å²) in [6, 6.07) is 5.41. The van der Waals surface area contributed by atoms with E-state index in [0.717, 1.165) is 51.0 Å². The average Bonchev–Trinajstić information content (AvgIpc) is 2.54. The number of hydrogen-bond acceptors (Lipinski definition) is 4. The highest BCUT2D eigenvalue weighted by Crippen LogP contribution is 2.22. The van der Waals surface area contributed by atoms with Crippen LogP contribution in [0.1, 0.15) is 32.6 Å². The molecule has 0 fully saturated rings. The zero-order chi connectivity index (χ0) is 15.9. The molecule has 6 nitrogen and oxygen atoms in total. The van der Waals surface area contributed by atoms with Gasteiger partial charge in [-0.3, -0.25) is 19.8 Å². The van der Waals surface area contributed by atoms with E-state index in [-0.39, 0.29) is 11.1 Å². The van der Waals surface area contributed by atoms with Gasteiger partial charge in [0.05, 0.1) is 16.5 Å². The van der Waals surface area contributed by atoms with Crippen molar-refractivity contribution in [1.82, 2.24) is 10.2 Å². The molecule has 0 amide bonds. The minimum Gasteiger partial charge on any atom is -0.371 e. The molecule has 1 heterocycles. The van der Waals surface area contributed by atoms with E-state index >= 15 is 0 Å². The number of rotatable bonds is 8. The predicted molar refractivity (Wildman–Crippen MR) is 90.6 cm³/mol. The van der Waals surface area contributed by atoms with Gasteiger partial charge in [0.15, 0.2) is 0 Å². The largest absolute Gasteiger partial charge is 0.371 e. The second-order valence-corrected chi connectivity index (χ2v) is 5.39. The number of nitrogens with zero attached hydrogens (tertiary/aromatic N) is 1. The quantitative estimate of drug-likeness (QED) is 0.645. The van der Waals surface area contributed by atoms with Crippen LogP contribution in [0, 0.1) is 0 Å². The molecule has 1 aromatic heterocycles. The summed E-state index contributed by atoms with van der Waals surface area (Å²) in [4.78, 5) is 26.1. The number of nitrogens with two attached hydrogens (primary N) is 1. The van der Waals surface area contributed by atoms with E-state index in [2.05, 4.69) is 22.0 Å². The zero-order valence-electron chi connectivity index (χ0n) is 13.0. The molecule has 2 rings (SSSR count). The first-order chi connectivity index (χ1) is 10.7. The third-order valence-electron chi connectivity index (χ3n) is 3.91. The van der Waals surface area contributed by atoms with Crippen LogP contribution in [0.4, 0.5) is 5.69 Å². The Morgan fingerprint density at radius 1 is 1.05 bits per heavy atom. The molecule has 6 heteroatoms. The highest BCUT2D eigenvalue weighted by molar-refractivity contribution is 5.92. The number of fused-ring (bicyclic) bond motifs is 1. The third-order valence-corrected chi connectivity index (χ3v) is 3.91. The summed E-state index contributed by atoms with van der Waals surface area (Å²) in [5, 5.41) is 5.68. The van der Waals surface area contributed by atoms with Crippen molar-refractivity contribution in [2.75, 3.05) is 24.5 Å². The lowest BCUT2D eigenvalue weighted by atomic mass is 10.1. The Kier molecular flexibility index (Phi) is 5.77. The van der Waals surface area contributed by atoms with E-state index in [1.807, 2.05) is 12.1 Å². The number of aromatic nitrogens is 2. The van der Waals surface area contributed by atoms with Crippen LogP contribution >= 0.6 is 0 Å². The van der Waals surface area contributed by atoms with Crippen LogP contribution in [-0.2, 0) is 0 Å². The van der Waals surface area contributed by atoms with Crippen molar-refractivity contribution in [3.05, 3.63) is 38.9 Å². The van der Waals surface area contributed by atoms with Gasteiger partial charge in [0.25, 0.3) is 11.1 Å². The molecule has 4 N–H and O–H groups in total. The fourth-order valence-corrected chi connectivity index (χ4v) is 2.72. The first-order valence-electron chi connectivity index (χ1n) is 7.87. The first kappa shape index (κ1) is 16.3. The molecule has 0 saturated carbocycles. The summed E-state index contributed by atoms with van der Waals surface area (Å²) < 4.78 is 0. The fraction of sp³-hybridized carbons (Fsp3) is 0.500. The van der Waals surface area contributed by atoms with Gasteiger partial charge in [0, 0.05) is 13.1 Å². The molecule has 0 radical (unpaired) electrons. The van der Waals surface area contributed by atoms with Crippen molar-refractivity contribution in [2.45, 2.75) is 32.6 Å². The summed E-state index contributed by atoms with van der Waals surface area (Å²) in [5.41, 5.74) is 5.80. The number of benzene rings is 1. The third kappa shape index (κ3) is 3.57. The zero-order valence-corrected chi connectivity index (χ0v) is 13.0. The molecule has 2 aromatic rings. The van der Waals surface area contributed by atoms with E-state index in [0.29, 0.717) is 10.8 Å². The summed E-state index contributed by atoms with van der Waals surface area (Å²) in [6.45, 7) is 4.45. The maximum atomic E-state index is 12.1. The first-order valence-corrected chi connectivity index (χ1v) is 7.87. The standard InChI is InChI=1S/C16H24N4O2/c1-2-20(11-6-4-3-5-10-17)13-9-7-8-12-14(13)16(22)19-18-15(12)21/h7-9H,2-6,10-11,17H2,1H3,(H,18,21)(H,19,22). The molecular formula is C16H24N4O2. The molecule has 1 aromatic carbocycles. The van der Waals surface area contributed by atoms with Gasteiger partial charge in [-0.25, -0.2) is 0 Å². The Bertz CT molecular complexity index is 720. The van der Waals surface area contributed by atoms with Crippen LogP contribution in [-0.4, -0.2) is 29.8 Å². The smallest absolute Gasteiger partial charge is 0.272 e. The van der Waals surface area contributed by atoms with Gasteiger partial charge in [-0.15, -0.1) is 0 Å². The summed E-state index contributed by atoms with van der Waals surface area (Å²) in [7, 11) is 0. The normalized spacial score (nSPS) is 11.0. The summed E-state index contributed by atoms with van der Waals surface area (Å²) in [5.74, 6) is 0. The van der Waals surface area contributed by atoms with Gasteiger partial charge in [-0.2, -0.15) is 0 Å². The Morgan fingerprint density at radius 2 is 1.77 bits per heavy atom. The molecule has 22 heavy (non-hydrogen) atoms. The van der Waals surface area contributed by atoms with Gasteiger partial charge < -0.3 is 10.6 Å². The minimum absolute atomic E-state index is 0.258. The molecule has 0 bridgehead atoms. The van der Waals surface area contributed by atoms with E-state index in [1.165, 1.54) is 0 Å². The molecule has 0 unspecified atom stereocenters. The van der Waals surface area contributed by atoms with Crippen molar-refractivity contribution in [3.8, 4) is 0 Å². The van der Waals surface area contributed by atoms with Crippen LogP contribution in [0.2, 0.25) is 0 Å². The Labute approximate surface area is 129 Å². The van der Waals surface area contributed by atoms with E-state index in [4.69, 9.17) is 5.73 Å². The number of hydrogen-bond donors (Lipinski definition) is 3. The molecule has 0 aliphatic rings. The lowest BCUT2D eigenvalue weighted by Gasteiger charge is -2.24. The van der Waals surface area contributed by atoms with Crippen LogP contribution < -0.4 is 21.8 Å². The van der Waals surface area contributed by atoms with Gasteiger partial charge in [0.1, 0.15) is 0 Å². The number of aromatic amines is 2. The number of H-pyrrole nitrogens is 2. The molecule has 0 spiro atoms. The summed E-state index contributed by atoms with van der Waals surface area (Å²) in [6.07, 6.45) is 4.35. The summed E-state index contributed by atoms with van der Waals surface area (Å²) >= 11 is 0. The topological polar surface area (TPSA) is 95.0 Å². The number of anilines is 1. The van der Waals surface area contributed by atoms with Crippen molar-refractivity contribution in [2.24, 2.45) is 5.73 Å². The fourth-order valence-electron chi connectivity index (χ4n) is 2.72. The Balaban J connectivity index is 2.26. The van der Waals surface area contributed by atoms with Gasteiger partial charge in [-0.05, 0) is 38.4 Å². The Hall–Kier alpha value is -2.08. The van der Waals surface area contributed by atoms with Crippen molar-refractivity contribution in [3.63, 3.8) is 0 Å². The molecular weight excluding hydrogens is 280 g/mol. The molecule has 0 aliphatic carbocycles. The molecule has 0 atom stereocenters. The van der Waals surface area contributed by atoms with Gasteiger partial charge >= 0.3 is 0 Å². The second kappa shape index (κ2) is 7.79. The lowest BCUT2D eigenvalue weighted by molar-refractivity contribution is 0.634. The van der Waals surface area contributed by atoms with E-state index in [1.54, 1.807) is 6.07 Å². The van der Waals surface area contributed by atoms with E-state index < -0.39 is 0 Å². The number of nitrogens with one attached hydrogen (secondary N) is 2. The van der Waals surface area contributed by atoms with Crippen LogP contribution in [0.5, 0.6) is 0 Å². The van der Waals surface area contributed by atoms with Crippen LogP contribution in [0.3, 0.4) is 0 Å². The lowest BCUT2D eigenvalue weighted by Crippen LogP contribution is -2.27. The predicted octanol–water partition coefficient (Wildman–Crippen LogP) is 1.56. The highest BCUT2D eigenvalue weighted by atomic mass is 16.1. The van der Waals surface area contributed by atoms with Crippen molar-refractivity contribution < 1.29 is 0 Å². The van der Waals surface area contributed by atoms with Gasteiger partial charge in [0.2, 0.25) is 0 Å².